The van der Waals surface area contributed by atoms with Crippen LogP contribution in [-0.4, -0.2) is 4.98 Å². The number of aromatic nitrogens is 1. The van der Waals surface area contributed by atoms with Crippen molar-refractivity contribution in [2.75, 3.05) is 4.90 Å². The van der Waals surface area contributed by atoms with Crippen molar-refractivity contribution in [1.29, 1.82) is 0 Å². The number of furan rings is 2. The summed E-state index contributed by atoms with van der Waals surface area (Å²) in [7, 11) is 0. The highest BCUT2D eigenvalue weighted by molar-refractivity contribution is 7.25. The average Bonchev–Trinajstić information content (AvgIpc) is 4.01. The van der Waals surface area contributed by atoms with Crippen LogP contribution in [0.3, 0.4) is 0 Å². The van der Waals surface area contributed by atoms with E-state index < -0.39 is 0 Å². The number of oxazole rings is 1. The summed E-state index contributed by atoms with van der Waals surface area (Å²) in [5, 5.41) is 6.85. The maximum absolute atomic E-state index is 6.36. The molecule has 0 amide bonds. The maximum atomic E-state index is 6.36. The molecule has 12 rings (SSSR count). The molecule has 0 aliphatic heterocycles. The summed E-state index contributed by atoms with van der Waals surface area (Å²) in [6.07, 6.45) is 0. The fourth-order valence-electron chi connectivity index (χ4n) is 8.04. The molecule has 0 N–H and O–H groups in total. The van der Waals surface area contributed by atoms with Gasteiger partial charge in [0.05, 0.1) is 0 Å². The zero-order valence-corrected chi connectivity index (χ0v) is 30.0. The molecule has 4 aromatic heterocycles. The number of benzene rings is 8. The van der Waals surface area contributed by atoms with Gasteiger partial charge < -0.3 is 18.2 Å². The molecule has 0 unspecified atom stereocenters. The third kappa shape index (κ3) is 4.82. The molecule has 6 heteroatoms. The highest BCUT2D eigenvalue weighted by Gasteiger charge is 2.19. The number of thiophene rings is 1. The molecule has 4 heterocycles. The second-order valence-corrected chi connectivity index (χ2v) is 15.0. The number of hydrogen-bond donors (Lipinski definition) is 0. The van der Waals surface area contributed by atoms with Gasteiger partial charge in [0.2, 0.25) is 5.89 Å². The molecule has 0 spiro atoms. The van der Waals surface area contributed by atoms with Gasteiger partial charge in [0, 0.05) is 76.5 Å². The van der Waals surface area contributed by atoms with Crippen LogP contribution < -0.4 is 4.90 Å². The molecule has 0 atom stereocenters. The van der Waals surface area contributed by atoms with E-state index in [0.29, 0.717) is 11.5 Å². The van der Waals surface area contributed by atoms with Crippen LogP contribution in [0, 0.1) is 0 Å². The largest absolute Gasteiger partial charge is 0.456 e. The van der Waals surface area contributed by atoms with Gasteiger partial charge in [-0.05, 0) is 90.0 Å². The van der Waals surface area contributed by atoms with E-state index in [9.17, 15) is 0 Å². The summed E-state index contributed by atoms with van der Waals surface area (Å²) < 4.78 is 21.4. The Hall–Kier alpha value is -7.15. The second kappa shape index (κ2) is 11.7. The minimum Gasteiger partial charge on any atom is -0.456 e. The third-order valence-electron chi connectivity index (χ3n) is 10.7. The predicted molar refractivity (Wildman–Crippen MR) is 227 cm³/mol. The van der Waals surface area contributed by atoms with Gasteiger partial charge in [-0.15, -0.1) is 11.3 Å². The summed E-state index contributed by atoms with van der Waals surface area (Å²) in [5.74, 6) is 0.601. The number of hydrogen-bond acceptors (Lipinski definition) is 6. The van der Waals surface area contributed by atoms with E-state index in [2.05, 4.69) is 126 Å². The molecule has 0 aliphatic rings. The first-order chi connectivity index (χ1) is 27.2. The van der Waals surface area contributed by atoms with Crippen molar-refractivity contribution in [3.8, 4) is 22.6 Å². The molecule has 0 aliphatic carbocycles. The number of rotatable bonds is 5. The van der Waals surface area contributed by atoms with Crippen LogP contribution in [0.4, 0.5) is 17.1 Å². The fraction of sp³-hybridized carbons (Fsp3) is 0. The molecule has 8 aromatic carbocycles. The Morgan fingerprint density at radius 3 is 1.87 bits per heavy atom. The van der Waals surface area contributed by atoms with Crippen molar-refractivity contribution >= 4 is 104 Å². The van der Waals surface area contributed by atoms with Crippen LogP contribution in [0.5, 0.6) is 0 Å². The van der Waals surface area contributed by atoms with Crippen molar-refractivity contribution in [1.82, 2.24) is 4.98 Å². The monoisotopic (exact) mass is 724 g/mol. The van der Waals surface area contributed by atoms with Gasteiger partial charge >= 0.3 is 0 Å². The van der Waals surface area contributed by atoms with Crippen LogP contribution in [0.15, 0.2) is 183 Å². The molecular weight excluding hydrogens is 697 g/mol. The van der Waals surface area contributed by atoms with Gasteiger partial charge in [0.25, 0.3) is 0 Å². The molecule has 0 fully saturated rings. The van der Waals surface area contributed by atoms with Crippen LogP contribution in [0.2, 0.25) is 0 Å². The van der Waals surface area contributed by atoms with Crippen molar-refractivity contribution in [2.45, 2.75) is 0 Å². The molecule has 5 nitrogen and oxygen atoms in total. The first kappa shape index (κ1) is 30.3. The normalized spacial score (nSPS) is 12.0. The van der Waals surface area contributed by atoms with Gasteiger partial charge in [-0.3, -0.25) is 0 Å². The molecule has 0 bridgehead atoms. The van der Waals surface area contributed by atoms with Crippen LogP contribution in [-0.2, 0) is 0 Å². The highest BCUT2D eigenvalue weighted by Crippen LogP contribution is 2.43. The van der Waals surface area contributed by atoms with E-state index in [1.54, 1.807) is 0 Å². The molecule has 12 aromatic rings. The summed E-state index contributed by atoms with van der Waals surface area (Å²) in [5.41, 5.74) is 11.2. The lowest BCUT2D eigenvalue weighted by molar-refractivity contribution is 0.617. The van der Waals surface area contributed by atoms with Gasteiger partial charge in [-0.2, -0.15) is 0 Å². The summed E-state index contributed by atoms with van der Waals surface area (Å²) in [4.78, 5) is 7.13. The lowest BCUT2D eigenvalue weighted by Gasteiger charge is -2.26. The standard InChI is InChI=1S/C49H28N2O3S/c1-2-8-30(9-3-1)49-50-41-27-40-39-24-31(16-23-43(39)53-45(40)28-46(41)54-49)29-14-17-32(18-15-29)51(33-19-21-36-35-10-4-6-12-42(35)52-44(36)25-33)34-20-22-38-37-11-5-7-13-47(37)55-48(38)26-34/h1-28H. The molecule has 55 heavy (non-hydrogen) atoms. The van der Waals surface area contributed by atoms with Crippen LogP contribution in [0.25, 0.3) is 97.7 Å². The Morgan fingerprint density at radius 1 is 0.364 bits per heavy atom. The molecule has 0 radical (unpaired) electrons. The van der Waals surface area contributed by atoms with Gasteiger partial charge in [-0.25, -0.2) is 4.98 Å². The third-order valence-corrected chi connectivity index (χ3v) is 11.8. The van der Waals surface area contributed by atoms with Crippen molar-refractivity contribution in [3.05, 3.63) is 170 Å². The van der Waals surface area contributed by atoms with E-state index in [1.807, 2.05) is 59.9 Å². The van der Waals surface area contributed by atoms with E-state index in [-0.39, 0.29) is 0 Å². The SMILES string of the molecule is c1ccc(-c2nc3cc4c(cc3o2)oc2ccc(-c3ccc(N(c5ccc6c(c5)oc5ccccc56)c5ccc6c(c5)sc5ccccc56)cc3)cc24)cc1. The van der Waals surface area contributed by atoms with E-state index >= 15 is 0 Å². The fourth-order valence-corrected chi connectivity index (χ4v) is 9.18. The molecule has 0 saturated carbocycles. The minimum absolute atomic E-state index is 0.601. The van der Waals surface area contributed by atoms with E-state index in [0.717, 1.165) is 83.1 Å². The van der Waals surface area contributed by atoms with E-state index in [1.165, 1.54) is 20.2 Å². The quantitative estimate of drug-likeness (QED) is 0.177. The molecular formula is C49H28N2O3S. The van der Waals surface area contributed by atoms with Gasteiger partial charge in [0.1, 0.15) is 27.8 Å². The Bertz CT molecular complexity index is 3330. The van der Waals surface area contributed by atoms with Crippen molar-refractivity contribution in [2.24, 2.45) is 0 Å². The van der Waals surface area contributed by atoms with Crippen LogP contribution in [0.1, 0.15) is 0 Å². The lowest BCUT2D eigenvalue weighted by Crippen LogP contribution is -2.09. The molecule has 258 valence electrons. The average molecular weight is 725 g/mol. The number of para-hydroxylation sites is 1. The Labute approximate surface area is 317 Å². The number of fused-ring (bicyclic) bond motifs is 10. The summed E-state index contributed by atoms with van der Waals surface area (Å²) in [6, 6.07) is 59.4. The van der Waals surface area contributed by atoms with Gasteiger partial charge in [0.15, 0.2) is 5.58 Å². The van der Waals surface area contributed by atoms with Crippen molar-refractivity contribution in [3.63, 3.8) is 0 Å². The molecule has 0 saturated heterocycles. The summed E-state index contributed by atoms with van der Waals surface area (Å²) >= 11 is 1.83. The highest BCUT2D eigenvalue weighted by atomic mass is 32.1. The van der Waals surface area contributed by atoms with E-state index in [4.69, 9.17) is 18.2 Å². The lowest BCUT2D eigenvalue weighted by atomic mass is 10.0. The predicted octanol–water partition coefficient (Wildman–Crippen LogP) is 14.8. The number of nitrogens with zero attached hydrogens (tertiary/aromatic N) is 2. The zero-order valence-electron chi connectivity index (χ0n) is 29.2. The van der Waals surface area contributed by atoms with Gasteiger partial charge in [-0.1, -0.05) is 78.9 Å². The summed E-state index contributed by atoms with van der Waals surface area (Å²) in [6.45, 7) is 0. The first-order valence-electron chi connectivity index (χ1n) is 18.3. The van der Waals surface area contributed by atoms with Crippen LogP contribution >= 0.6 is 11.3 Å². The minimum atomic E-state index is 0.601. The first-order valence-corrected chi connectivity index (χ1v) is 19.1. The Morgan fingerprint density at radius 2 is 1.00 bits per heavy atom. The maximum Gasteiger partial charge on any atom is 0.227 e. The zero-order chi connectivity index (χ0) is 36.0. The number of anilines is 3. The Balaban J connectivity index is 0.957. The second-order valence-electron chi connectivity index (χ2n) is 14.0. The Kier molecular flexibility index (Phi) is 6.44. The van der Waals surface area contributed by atoms with Crippen molar-refractivity contribution < 1.29 is 13.3 Å². The smallest absolute Gasteiger partial charge is 0.227 e. The topological polar surface area (TPSA) is 55.6 Å².